The molecule has 0 atom stereocenters. The van der Waals surface area contributed by atoms with Crippen LogP contribution >= 0.6 is 11.6 Å². The van der Waals surface area contributed by atoms with Crippen molar-refractivity contribution in [2.75, 3.05) is 18.5 Å². The van der Waals surface area contributed by atoms with Gasteiger partial charge in [-0.25, -0.2) is 4.98 Å². The van der Waals surface area contributed by atoms with Crippen molar-refractivity contribution >= 4 is 23.4 Å². The fourth-order valence-corrected chi connectivity index (χ4v) is 0.967. The van der Waals surface area contributed by atoms with E-state index >= 15 is 0 Å². The third kappa shape index (κ3) is 3.62. The Bertz CT molecular complexity index is 300. The molecule has 0 aliphatic carbocycles. The lowest BCUT2D eigenvalue weighted by molar-refractivity contribution is -0.140. The SMILES string of the molecule is CCOC(=O)CNc1ccc(Cl)cn1. The zero-order chi connectivity index (χ0) is 10.4. The summed E-state index contributed by atoms with van der Waals surface area (Å²) in [6.07, 6.45) is 1.51. The van der Waals surface area contributed by atoms with Crippen molar-refractivity contribution in [3.8, 4) is 0 Å². The van der Waals surface area contributed by atoms with E-state index < -0.39 is 0 Å². The monoisotopic (exact) mass is 214 g/mol. The molecule has 0 unspecified atom stereocenters. The number of esters is 1. The van der Waals surface area contributed by atoms with Crippen LogP contribution in [0.4, 0.5) is 5.82 Å². The molecule has 0 aliphatic heterocycles. The summed E-state index contributed by atoms with van der Waals surface area (Å²) in [7, 11) is 0. The summed E-state index contributed by atoms with van der Waals surface area (Å²) in [5.41, 5.74) is 0. The Balaban J connectivity index is 2.38. The number of carbonyl (C=O) groups is 1. The summed E-state index contributed by atoms with van der Waals surface area (Å²) >= 11 is 5.64. The van der Waals surface area contributed by atoms with Crippen LogP contribution in [0.3, 0.4) is 0 Å². The molecule has 1 aromatic rings. The van der Waals surface area contributed by atoms with Crippen molar-refractivity contribution in [1.29, 1.82) is 0 Å². The molecule has 0 aromatic carbocycles. The number of ether oxygens (including phenoxy) is 1. The zero-order valence-electron chi connectivity index (χ0n) is 7.79. The van der Waals surface area contributed by atoms with E-state index in [-0.39, 0.29) is 12.5 Å². The number of aromatic nitrogens is 1. The maximum absolute atomic E-state index is 10.9. The van der Waals surface area contributed by atoms with Crippen LogP contribution in [0.15, 0.2) is 18.3 Å². The third-order valence-electron chi connectivity index (χ3n) is 1.45. The van der Waals surface area contributed by atoms with E-state index in [0.717, 1.165) is 0 Å². The quantitative estimate of drug-likeness (QED) is 0.776. The van der Waals surface area contributed by atoms with Gasteiger partial charge in [-0.1, -0.05) is 11.6 Å². The number of halogens is 1. The Labute approximate surface area is 87.2 Å². The summed E-state index contributed by atoms with van der Waals surface area (Å²) in [5.74, 6) is 0.298. The number of nitrogens with zero attached hydrogens (tertiary/aromatic N) is 1. The van der Waals surface area contributed by atoms with Crippen LogP contribution in [0.5, 0.6) is 0 Å². The standard InChI is InChI=1S/C9H11ClN2O2/c1-2-14-9(13)6-12-8-4-3-7(10)5-11-8/h3-5H,2,6H2,1H3,(H,11,12). The normalized spacial score (nSPS) is 9.57. The molecule has 0 amide bonds. The summed E-state index contributed by atoms with van der Waals surface area (Å²) < 4.78 is 4.73. The Morgan fingerprint density at radius 1 is 1.64 bits per heavy atom. The summed E-state index contributed by atoms with van der Waals surface area (Å²) in [5, 5.41) is 3.37. The second-order valence-corrected chi connectivity index (χ2v) is 2.96. The molecule has 14 heavy (non-hydrogen) atoms. The molecule has 0 saturated carbocycles. The first-order valence-electron chi connectivity index (χ1n) is 4.23. The first-order valence-corrected chi connectivity index (χ1v) is 4.61. The van der Waals surface area contributed by atoms with Crippen LogP contribution in [0, 0.1) is 0 Å². The molecular weight excluding hydrogens is 204 g/mol. The van der Waals surface area contributed by atoms with Crippen LogP contribution in [-0.4, -0.2) is 24.1 Å². The fourth-order valence-electron chi connectivity index (χ4n) is 0.855. The topological polar surface area (TPSA) is 51.2 Å². The van der Waals surface area contributed by atoms with Crippen LogP contribution < -0.4 is 5.32 Å². The molecule has 0 spiro atoms. The van der Waals surface area contributed by atoms with Crippen molar-refractivity contribution in [2.24, 2.45) is 0 Å². The predicted molar refractivity (Wildman–Crippen MR) is 54.4 cm³/mol. The molecule has 1 N–H and O–H groups in total. The molecule has 1 aromatic heterocycles. The van der Waals surface area contributed by atoms with Gasteiger partial charge >= 0.3 is 5.97 Å². The molecule has 1 heterocycles. The van der Waals surface area contributed by atoms with E-state index in [1.165, 1.54) is 6.20 Å². The minimum Gasteiger partial charge on any atom is -0.465 e. The van der Waals surface area contributed by atoms with Crippen LogP contribution in [0.2, 0.25) is 5.02 Å². The predicted octanol–water partition coefficient (Wildman–Crippen LogP) is 1.71. The lowest BCUT2D eigenvalue weighted by atomic mass is 10.4. The lowest BCUT2D eigenvalue weighted by Gasteiger charge is -2.04. The molecule has 5 heteroatoms. The molecule has 76 valence electrons. The van der Waals surface area contributed by atoms with Gasteiger partial charge in [-0.15, -0.1) is 0 Å². The van der Waals surface area contributed by atoms with Gasteiger partial charge in [-0.2, -0.15) is 0 Å². The third-order valence-corrected chi connectivity index (χ3v) is 1.67. The highest BCUT2D eigenvalue weighted by atomic mass is 35.5. The number of carbonyl (C=O) groups excluding carboxylic acids is 1. The number of pyridine rings is 1. The molecule has 4 nitrogen and oxygen atoms in total. The van der Waals surface area contributed by atoms with E-state index in [4.69, 9.17) is 16.3 Å². The molecule has 0 fully saturated rings. The van der Waals surface area contributed by atoms with Crippen molar-refractivity contribution in [3.63, 3.8) is 0 Å². The largest absolute Gasteiger partial charge is 0.465 e. The van der Waals surface area contributed by atoms with Gasteiger partial charge in [0, 0.05) is 6.20 Å². The average Bonchev–Trinajstić information content (AvgIpc) is 2.17. The molecular formula is C9H11ClN2O2. The maximum Gasteiger partial charge on any atom is 0.325 e. The van der Waals surface area contributed by atoms with Crippen molar-refractivity contribution in [3.05, 3.63) is 23.4 Å². The number of hydrogen-bond acceptors (Lipinski definition) is 4. The zero-order valence-corrected chi connectivity index (χ0v) is 8.54. The second-order valence-electron chi connectivity index (χ2n) is 2.52. The summed E-state index contributed by atoms with van der Waals surface area (Å²) in [4.78, 5) is 14.9. The van der Waals surface area contributed by atoms with Gasteiger partial charge < -0.3 is 10.1 Å². The van der Waals surface area contributed by atoms with Gasteiger partial charge in [0.15, 0.2) is 0 Å². The summed E-state index contributed by atoms with van der Waals surface area (Å²) in [6, 6.07) is 3.39. The summed E-state index contributed by atoms with van der Waals surface area (Å²) in [6.45, 7) is 2.26. The Hall–Kier alpha value is -1.29. The molecule has 0 bridgehead atoms. The smallest absolute Gasteiger partial charge is 0.325 e. The highest BCUT2D eigenvalue weighted by Crippen LogP contribution is 2.08. The van der Waals surface area contributed by atoms with E-state index in [9.17, 15) is 4.79 Å². The molecule has 0 saturated heterocycles. The lowest BCUT2D eigenvalue weighted by Crippen LogP contribution is -2.17. The minimum atomic E-state index is -0.302. The van der Waals surface area contributed by atoms with Crippen molar-refractivity contribution in [1.82, 2.24) is 4.98 Å². The van der Waals surface area contributed by atoms with E-state index in [1.54, 1.807) is 19.1 Å². The number of nitrogens with one attached hydrogen (secondary N) is 1. The number of rotatable bonds is 4. The van der Waals surface area contributed by atoms with Gasteiger partial charge in [-0.05, 0) is 19.1 Å². The minimum absolute atomic E-state index is 0.114. The van der Waals surface area contributed by atoms with Crippen LogP contribution in [0.1, 0.15) is 6.92 Å². The number of hydrogen-bond donors (Lipinski definition) is 1. The highest BCUT2D eigenvalue weighted by molar-refractivity contribution is 6.30. The first-order chi connectivity index (χ1) is 6.72. The van der Waals surface area contributed by atoms with Crippen LogP contribution in [0.25, 0.3) is 0 Å². The van der Waals surface area contributed by atoms with Crippen molar-refractivity contribution in [2.45, 2.75) is 6.92 Å². The van der Waals surface area contributed by atoms with Gasteiger partial charge in [0.25, 0.3) is 0 Å². The van der Waals surface area contributed by atoms with Crippen LogP contribution in [-0.2, 0) is 9.53 Å². The average molecular weight is 215 g/mol. The Kier molecular flexibility index (Phi) is 4.19. The van der Waals surface area contributed by atoms with Gasteiger partial charge in [0.05, 0.1) is 11.6 Å². The second kappa shape index (κ2) is 5.44. The fraction of sp³-hybridized carbons (Fsp3) is 0.333. The first kappa shape index (κ1) is 10.8. The van der Waals surface area contributed by atoms with Crippen molar-refractivity contribution < 1.29 is 9.53 Å². The molecule has 0 aliphatic rings. The van der Waals surface area contributed by atoms with E-state index in [0.29, 0.717) is 17.4 Å². The van der Waals surface area contributed by atoms with Gasteiger partial charge in [-0.3, -0.25) is 4.79 Å². The molecule has 1 rings (SSSR count). The van der Waals surface area contributed by atoms with E-state index in [1.807, 2.05) is 0 Å². The Morgan fingerprint density at radius 3 is 3.00 bits per heavy atom. The Morgan fingerprint density at radius 2 is 2.43 bits per heavy atom. The number of anilines is 1. The van der Waals surface area contributed by atoms with E-state index in [2.05, 4.69) is 10.3 Å². The highest BCUT2D eigenvalue weighted by Gasteiger charge is 2.01. The molecule has 0 radical (unpaired) electrons. The van der Waals surface area contributed by atoms with Gasteiger partial charge in [0.1, 0.15) is 12.4 Å². The van der Waals surface area contributed by atoms with Gasteiger partial charge in [0.2, 0.25) is 0 Å². The maximum atomic E-state index is 10.9.